The number of nitrogens with zero attached hydrogens (tertiary/aromatic N) is 2. The molecule has 96 valence electrons. The molecule has 18 heavy (non-hydrogen) atoms. The lowest BCUT2D eigenvalue weighted by molar-refractivity contribution is 0.128. The van der Waals surface area contributed by atoms with E-state index in [-0.39, 0.29) is 0 Å². The predicted octanol–water partition coefficient (Wildman–Crippen LogP) is 3.76. The minimum absolute atomic E-state index is 0.439. The highest BCUT2D eigenvalue weighted by Crippen LogP contribution is 2.38. The summed E-state index contributed by atoms with van der Waals surface area (Å²) in [4.78, 5) is 11.4. The minimum atomic E-state index is 0.439. The molecule has 1 aliphatic rings. The van der Waals surface area contributed by atoms with Crippen LogP contribution in [0.15, 0.2) is 0 Å². The van der Waals surface area contributed by atoms with Crippen LogP contribution in [0.1, 0.15) is 36.0 Å². The Kier molecular flexibility index (Phi) is 3.50. The summed E-state index contributed by atoms with van der Waals surface area (Å²) in [6.07, 6.45) is 4.79. The Balaban J connectivity index is 2.08. The molecular weight excluding hydrogens is 268 g/mol. The number of hydrogen-bond donors (Lipinski definition) is 0. The first-order valence-corrected chi connectivity index (χ1v) is 7.53. The van der Waals surface area contributed by atoms with E-state index in [2.05, 4.69) is 9.97 Å². The van der Waals surface area contributed by atoms with E-state index < -0.39 is 0 Å². The van der Waals surface area contributed by atoms with Crippen molar-refractivity contribution in [3.8, 4) is 0 Å². The number of aromatic nitrogens is 2. The van der Waals surface area contributed by atoms with Crippen LogP contribution < -0.4 is 0 Å². The quantitative estimate of drug-likeness (QED) is 0.804. The van der Waals surface area contributed by atoms with Crippen LogP contribution in [0.2, 0.25) is 5.15 Å². The summed E-state index contributed by atoms with van der Waals surface area (Å²) in [6.45, 7) is 3.07. The molecule has 0 fully saturated rings. The number of hydrogen-bond acceptors (Lipinski definition) is 4. The monoisotopic (exact) mass is 282 g/mol. The highest BCUT2D eigenvalue weighted by atomic mass is 35.5. The molecule has 0 saturated heterocycles. The molecule has 0 spiro atoms. The molecular formula is C13H15ClN2OS. The second-order valence-corrected chi connectivity index (χ2v) is 5.90. The van der Waals surface area contributed by atoms with Crippen LogP contribution in [0.5, 0.6) is 0 Å². The molecule has 5 heteroatoms. The number of rotatable bonds is 3. The zero-order chi connectivity index (χ0) is 12.5. The zero-order valence-corrected chi connectivity index (χ0v) is 11.9. The van der Waals surface area contributed by atoms with E-state index >= 15 is 0 Å². The highest BCUT2D eigenvalue weighted by Gasteiger charge is 2.20. The maximum Gasteiger partial charge on any atom is 0.157 e. The number of halogens is 1. The molecule has 0 aliphatic heterocycles. The number of fused-ring (bicyclic) bond motifs is 3. The van der Waals surface area contributed by atoms with Gasteiger partial charge in [0.05, 0.1) is 5.39 Å². The van der Waals surface area contributed by atoms with Gasteiger partial charge in [0.15, 0.2) is 5.82 Å². The molecule has 1 aliphatic carbocycles. The molecule has 0 amide bonds. The van der Waals surface area contributed by atoms with Crippen molar-refractivity contribution in [1.29, 1.82) is 0 Å². The normalized spacial score (nSPS) is 15.0. The molecule has 2 heterocycles. The number of aryl methyl sites for hydroxylation is 2. The van der Waals surface area contributed by atoms with Gasteiger partial charge in [-0.25, -0.2) is 9.97 Å². The Morgan fingerprint density at radius 1 is 1.28 bits per heavy atom. The van der Waals surface area contributed by atoms with Crippen molar-refractivity contribution >= 4 is 33.2 Å². The van der Waals surface area contributed by atoms with Crippen molar-refractivity contribution in [3.63, 3.8) is 0 Å². The van der Waals surface area contributed by atoms with Gasteiger partial charge in [0.25, 0.3) is 0 Å². The molecule has 0 atom stereocenters. The largest absolute Gasteiger partial charge is 0.374 e. The summed E-state index contributed by atoms with van der Waals surface area (Å²) in [6, 6.07) is 0. The van der Waals surface area contributed by atoms with E-state index in [1.54, 1.807) is 11.3 Å². The fraction of sp³-hybridized carbons (Fsp3) is 0.538. The lowest BCUT2D eigenvalue weighted by Gasteiger charge is -2.10. The third-order valence-corrected chi connectivity index (χ3v) is 4.71. The van der Waals surface area contributed by atoms with Crippen LogP contribution in [0.3, 0.4) is 0 Å². The summed E-state index contributed by atoms with van der Waals surface area (Å²) in [5.74, 6) is 0.688. The maximum atomic E-state index is 6.32. The Bertz CT molecular complexity index is 582. The Hall–Kier alpha value is -0.710. The number of thiophene rings is 1. The standard InChI is InChI=1S/C13H15ClN2OS/c1-2-17-7-10-15-12(14)11-8-5-3-4-6-9(8)18-13(11)16-10/h2-7H2,1H3. The number of ether oxygens (including phenoxy) is 1. The fourth-order valence-electron chi connectivity index (χ4n) is 2.41. The highest BCUT2D eigenvalue weighted by molar-refractivity contribution is 7.19. The summed E-state index contributed by atoms with van der Waals surface area (Å²) in [5.41, 5.74) is 1.38. The summed E-state index contributed by atoms with van der Waals surface area (Å²) in [7, 11) is 0. The Morgan fingerprint density at radius 2 is 2.11 bits per heavy atom. The average molecular weight is 283 g/mol. The molecule has 0 radical (unpaired) electrons. The second kappa shape index (κ2) is 5.11. The van der Waals surface area contributed by atoms with Gasteiger partial charge in [-0.3, -0.25) is 0 Å². The van der Waals surface area contributed by atoms with Crippen molar-refractivity contribution in [2.75, 3.05) is 6.61 Å². The van der Waals surface area contributed by atoms with Gasteiger partial charge < -0.3 is 4.74 Å². The van der Waals surface area contributed by atoms with Crippen molar-refractivity contribution in [1.82, 2.24) is 9.97 Å². The van der Waals surface area contributed by atoms with Gasteiger partial charge in [0.1, 0.15) is 16.6 Å². The molecule has 0 unspecified atom stereocenters. The molecule has 0 bridgehead atoms. The first-order valence-electron chi connectivity index (χ1n) is 6.34. The fourth-order valence-corrected chi connectivity index (χ4v) is 4.05. The molecule has 3 rings (SSSR count). The first kappa shape index (κ1) is 12.3. The third kappa shape index (κ3) is 2.13. The maximum absolute atomic E-state index is 6.32. The molecule has 0 aromatic carbocycles. The lowest BCUT2D eigenvalue weighted by atomic mass is 9.97. The van der Waals surface area contributed by atoms with E-state index in [0.29, 0.717) is 24.2 Å². The first-order chi connectivity index (χ1) is 8.79. The molecule has 2 aromatic heterocycles. The molecule has 3 nitrogen and oxygen atoms in total. The van der Waals surface area contributed by atoms with Gasteiger partial charge in [0.2, 0.25) is 0 Å². The van der Waals surface area contributed by atoms with E-state index in [0.717, 1.165) is 23.1 Å². The van der Waals surface area contributed by atoms with Gasteiger partial charge in [-0.2, -0.15) is 0 Å². The second-order valence-electron chi connectivity index (χ2n) is 4.46. The van der Waals surface area contributed by atoms with Crippen molar-refractivity contribution in [3.05, 3.63) is 21.4 Å². The van der Waals surface area contributed by atoms with Gasteiger partial charge in [0, 0.05) is 11.5 Å². The minimum Gasteiger partial charge on any atom is -0.374 e. The van der Waals surface area contributed by atoms with E-state index in [1.165, 1.54) is 23.3 Å². The Labute approximate surface area is 115 Å². The van der Waals surface area contributed by atoms with Crippen LogP contribution in [-0.2, 0) is 24.2 Å². The van der Waals surface area contributed by atoms with Gasteiger partial charge in [-0.15, -0.1) is 11.3 Å². The summed E-state index contributed by atoms with van der Waals surface area (Å²) >= 11 is 8.09. The van der Waals surface area contributed by atoms with E-state index in [4.69, 9.17) is 16.3 Å². The third-order valence-electron chi connectivity index (χ3n) is 3.25. The van der Waals surface area contributed by atoms with Crippen LogP contribution in [0.25, 0.3) is 10.2 Å². The van der Waals surface area contributed by atoms with Crippen molar-refractivity contribution in [2.45, 2.75) is 39.2 Å². The lowest BCUT2D eigenvalue weighted by Crippen LogP contribution is -2.01. The van der Waals surface area contributed by atoms with Crippen molar-refractivity contribution in [2.24, 2.45) is 0 Å². The average Bonchev–Trinajstić information content (AvgIpc) is 2.74. The molecule has 0 N–H and O–H groups in total. The predicted molar refractivity (Wildman–Crippen MR) is 74.4 cm³/mol. The Morgan fingerprint density at radius 3 is 2.94 bits per heavy atom. The van der Waals surface area contributed by atoms with Crippen molar-refractivity contribution < 1.29 is 4.74 Å². The van der Waals surface area contributed by atoms with E-state index in [1.807, 2.05) is 6.92 Å². The smallest absolute Gasteiger partial charge is 0.157 e. The summed E-state index contributed by atoms with van der Waals surface area (Å²) in [5, 5.41) is 1.67. The molecule has 2 aromatic rings. The van der Waals surface area contributed by atoms with Crippen LogP contribution in [0, 0.1) is 0 Å². The zero-order valence-electron chi connectivity index (χ0n) is 10.3. The van der Waals surface area contributed by atoms with Gasteiger partial charge in [-0.1, -0.05) is 11.6 Å². The summed E-state index contributed by atoms with van der Waals surface area (Å²) < 4.78 is 5.35. The van der Waals surface area contributed by atoms with Crippen LogP contribution in [0.4, 0.5) is 0 Å². The molecule has 0 saturated carbocycles. The SMILES string of the molecule is CCOCc1nc(Cl)c2c3c(sc2n1)CCCC3. The van der Waals surface area contributed by atoms with Crippen LogP contribution >= 0.6 is 22.9 Å². The van der Waals surface area contributed by atoms with Crippen LogP contribution in [-0.4, -0.2) is 16.6 Å². The topological polar surface area (TPSA) is 35.0 Å². The van der Waals surface area contributed by atoms with Gasteiger partial charge in [-0.05, 0) is 38.2 Å². The van der Waals surface area contributed by atoms with E-state index in [9.17, 15) is 0 Å². The van der Waals surface area contributed by atoms with Gasteiger partial charge >= 0.3 is 0 Å².